The van der Waals surface area contributed by atoms with Gasteiger partial charge in [-0.2, -0.15) is 0 Å². The van der Waals surface area contributed by atoms with E-state index >= 15 is 0 Å². The monoisotopic (exact) mass is 641 g/mol. The first-order chi connectivity index (χ1) is 24.8. The number of aromatic nitrogens is 5. The number of rotatable bonds is 5. The lowest BCUT2D eigenvalue weighted by Gasteiger charge is -2.11. The second kappa shape index (κ2) is 11.4. The normalized spacial score (nSPS) is 11.6. The van der Waals surface area contributed by atoms with E-state index in [2.05, 4.69) is 89.5 Å². The second-order valence-electron chi connectivity index (χ2n) is 12.3. The molecule has 0 atom stereocenters. The third kappa shape index (κ3) is 4.58. The van der Waals surface area contributed by atoms with E-state index in [1.54, 1.807) is 0 Å². The van der Waals surface area contributed by atoms with Crippen LogP contribution in [-0.4, -0.2) is 24.5 Å². The molecule has 0 aliphatic heterocycles. The number of benzene rings is 7. The highest BCUT2D eigenvalue weighted by Crippen LogP contribution is 2.37. The minimum absolute atomic E-state index is 0.566. The van der Waals surface area contributed by atoms with Gasteiger partial charge in [0.2, 0.25) is 5.89 Å². The molecular weight excluding hydrogens is 615 g/mol. The molecule has 234 valence electrons. The molecular formula is C44H27N5O. The summed E-state index contributed by atoms with van der Waals surface area (Å²) in [7, 11) is 0. The maximum Gasteiger partial charge on any atom is 0.227 e. The van der Waals surface area contributed by atoms with Crippen LogP contribution < -0.4 is 0 Å². The number of oxazole rings is 1. The van der Waals surface area contributed by atoms with Crippen molar-refractivity contribution in [1.29, 1.82) is 0 Å². The van der Waals surface area contributed by atoms with Crippen molar-refractivity contribution in [3.05, 3.63) is 164 Å². The van der Waals surface area contributed by atoms with Gasteiger partial charge in [0.25, 0.3) is 0 Å². The molecule has 0 aliphatic carbocycles. The molecule has 10 rings (SSSR count). The van der Waals surface area contributed by atoms with E-state index < -0.39 is 0 Å². The van der Waals surface area contributed by atoms with Crippen molar-refractivity contribution >= 4 is 43.7 Å². The van der Waals surface area contributed by atoms with Crippen LogP contribution in [0.3, 0.4) is 0 Å². The van der Waals surface area contributed by atoms with Crippen LogP contribution >= 0.6 is 0 Å². The Hall–Kier alpha value is -6.92. The van der Waals surface area contributed by atoms with Crippen LogP contribution in [0.5, 0.6) is 0 Å². The Morgan fingerprint density at radius 2 is 1.00 bits per heavy atom. The van der Waals surface area contributed by atoms with Gasteiger partial charge < -0.3 is 8.98 Å². The van der Waals surface area contributed by atoms with Crippen LogP contribution in [0.4, 0.5) is 0 Å². The fourth-order valence-electron chi connectivity index (χ4n) is 6.95. The topological polar surface area (TPSA) is 69.6 Å². The summed E-state index contributed by atoms with van der Waals surface area (Å²) in [6.45, 7) is 0. The van der Waals surface area contributed by atoms with Crippen molar-refractivity contribution in [2.24, 2.45) is 0 Å². The van der Waals surface area contributed by atoms with Crippen molar-refractivity contribution in [2.45, 2.75) is 0 Å². The van der Waals surface area contributed by atoms with E-state index in [0.29, 0.717) is 28.9 Å². The second-order valence-corrected chi connectivity index (χ2v) is 12.3. The van der Waals surface area contributed by atoms with Gasteiger partial charge in [-0.25, -0.2) is 19.9 Å². The van der Waals surface area contributed by atoms with Crippen LogP contribution in [0, 0.1) is 0 Å². The van der Waals surface area contributed by atoms with Gasteiger partial charge >= 0.3 is 0 Å². The molecule has 0 bridgehead atoms. The lowest BCUT2D eigenvalue weighted by molar-refractivity contribution is 0.623. The molecule has 10 aromatic rings. The lowest BCUT2D eigenvalue weighted by atomic mass is 10.0. The van der Waals surface area contributed by atoms with E-state index in [4.69, 9.17) is 24.4 Å². The van der Waals surface area contributed by atoms with Gasteiger partial charge in [0.15, 0.2) is 23.1 Å². The van der Waals surface area contributed by atoms with E-state index in [0.717, 1.165) is 44.2 Å². The maximum absolute atomic E-state index is 6.48. The average molecular weight is 642 g/mol. The third-order valence-corrected chi connectivity index (χ3v) is 9.29. The Kier molecular flexibility index (Phi) is 6.39. The number of hydrogen-bond acceptors (Lipinski definition) is 5. The van der Waals surface area contributed by atoms with E-state index in [-0.39, 0.29) is 0 Å². The molecule has 7 aromatic carbocycles. The average Bonchev–Trinajstić information content (AvgIpc) is 3.78. The summed E-state index contributed by atoms with van der Waals surface area (Å²) in [4.78, 5) is 20.0. The van der Waals surface area contributed by atoms with Crippen LogP contribution in [0.25, 0.3) is 95.0 Å². The zero-order valence-electron chi connectivity index (χ0n) is 26.7. The van der Waals surface area contributed by atoms with Crippen LogP contribution in [0.15, 0.2) is 168 Å². The number of para-hydroxylation sites is 2. The first-order valence-corrected chi connectivity index (χ1v) is 16.6. The highest BCUT2D eigenvalue weighted by atomic mass is 16.3. The van der Waals surface area contributed by atoms with Gasteiger partial charge in [0.05, 0.1) is 11.0 Å². The minimum Gasteiger partial charge on any atom is -0.435 e. The molecule has 50 heavy (non-hydrogen) atoms. The van der Waals surface area contributed by atoms with Gasteiger partial charge in [-0.1, -0.05) is 109 Å². The largest absolute Gasteiger partial charge is 0.435 e. The number of hydrogen-bond donors (Lipinski definition) is 0. The fraction of sp³-hybridized carbons (Fsp3) is 0. The summed E-state index contributed by atoms with van der Waals surface area (Å²) < 4.78 is 8.79. The van der Waals surface area contributed by atoms with Crippen molar-refractivity contribution in [3.63, 3.8) is 0 Å². The van der Waals surface area contributed by atoms with E-state index in [9.17, 15) is 0 Å². The molecule has 0 aliphatic rings. The molecule has 0 amide bonds. The maximum atomic E-state index is 6.48. The molecule has 0 radical (unpaired) electrons. The summed E-state index contributed by atoms with van der Waals surface area (Å²) in [6.07, 6.45) is 0. The van der Waals surface area contributed by atoms with Crippen molar-refractivity contribution in [2.75, 3.05) is 0 Å². The van der Waals surface area contributed by atoms with Gasteiger partial charge in [0, 0.05) is 44.1 Å². The Bertz CT molecular complexity index is 2800. The Morgan fingerprint density at radius 1 is 0.420 bits per heavy atom. The molecule has 0 N–H and O–H groups in total. The fourth-order valence-corrected chi connectivity index (χ4v) is 6.95. The Balaban J connectivity index is 1.15. The van der Waals surface area contributed by atoms with Gasteiger partial charge in [-0.05, 0) is 60.0 Å². The predicted octanol–water partition coefficient (Wildman–Crippen LogP) is 10.9. The molecule has 0 saturated heterocycles. The van der Waals surface area contributed by atoms with Gasteiger partial charge in [-0.15, -0.1) is 0 Å². The molecule has 6 heteroatoms. The molecule has 0 saturated carbocycles. The van der Waals surface area contributed by atoms with Crippen LogP contribution in [0.1, 0.15) is 0 Å². The summed E-state index contributed by atoms with van der Waals surface area (Å²) in [5.41, 5.74) is 8.47. The summed E-state index contributed by atoms with van der Waals surface area (Å²) >= 11 is 0. The Labute approximate surface area is 287 Å². The first-order valence-electron chi connectivity index (χ1n) is 16.6. The number of nitrogens with zero attached hydrogens (tertiary/aromatic N) is 5. The van der Waals surface area contributed by atoms with Crippen LogP contribution in [-0.2, 0) is 0 Å². The molecule has 0 fully saturated rings. The predicted molar refractivity (Wildman–Crippen MR) is 201 cm³/mol. The highest BCUT2D eigenvalue weighted by molar-refractivity contribution is 6.11. The standard InChI is InChI=1S/C44H27N5O/c1-3-12-29(13-4-1)41-46-42(30-22-25-32(26-23-30)49-37-20-9-7-17-33(37)34-18-8-10-21-38(34)49)48-43(47-41)35-19-11-16-28-24-27-36-40(39(28)35)50-44(45-36)31-14-5-2-6-15-31/h1-27H. The summed E-state index contributed by atoms with van der Waals surface area (Å²) in [6, 6.07) is 55.8. The van der Waals surface area contributed by atoms with E-state index in [1.165, 1.54) is 21.8 Å². The quantitative estimate of drug-likeness (QED) is 0.187. The van der Waals surface area contributed by atoms with E-state index in [1.807, 2.05) is 78.9 Å². The molecule has 6 nitrogen and oxygen atoms in total. The Morgan fingerprint density at radius 3 is 1.68 bits per heavy atom. The molecule has 3 aromatic heterocycles. The zero-order chi connectivity index (χ0) is 33.0. The first kappa shape index (κ1) is 28.1. The zero-order valence-corrected chi connectivity index (χ0v) is 26.7. The van der Waals surface area contributed by atoms with Crippen molar-refractivity contribution in [3.8, 4) is 51.3 Å². The van der Waals surface area contributed by atoms with Gasteiger partial charge in [0.1, 0.15) is 5.52 Å². The minimum atomic E-state index is 0.566. The third-order valence-electron chi connectivity index (χ3n) is 9.29. The number of fused-ring (bicyclic) bond motifs is 6. The molecule has 0 unspecified atom stereocenters. The SMILES string of the molecule is c1ccc(-c2nc(-c3ccc(-n4c5ccccc5c5ccccc54)cc3)nc(-c3cccc4ccc5nc(-c6ccccc6)oc5c34)n2)cc1. The highest BCUT2D eigenvalue weighted by Gasteiger charge is 2.19. The van der Waals surface area contributed by atoms with Crippen molar-refractivity contribution < 1.29 is 4.42 Å². The van der Waals surface area contributed by atoms with Crippen molar-refractivity contribution in [1.82, 2.24) is 24.5 Å². The summed E-state index contributed by atoms with van der Waals surface area (Å²) in [5.74, 6) is 2.33. The van der Waals surface area contributed by atoms with Crippen LogP contribution in [0.2, 0.25) is 0 Å². The molecule has 0 spiro atoms. The molecule has 3 heterocycles. The summed E-state index contributed by atoms with van der Waals surface area (Å²) in [5, 5.41) is 4.39. The lowest BCUT2D eigenvalue weighted by Crippen LogP contribution is -2.01. The van der Waals surface area contributed by atoms with Gasteiger partial charge in [-0.3, -0.25) is 0 Å². The smallest absolute Gasteiger partial charge is 0.227 e.